The number of amides is 1. The van der Waals surface area contributed by atoms with Crippen LogP contribution in [0.4, 0.5) is 0 Å². The summed E-state index contributed by atoms with van der Waals surface area (Å²) in [6.45, 7) is 5.53. The minimum Gasteiger partial charge on any atom is -0.465 e. The average Bonchev–Trinajstić information content (AvgIpc) is 3.30. The number of morpholine rings is 1. The Kier molecular flexibility index (Phi) is 5.17. The molecule has 1 aromatic carbocycles. The number of nitrogens with one attached hydrogen (secondary N) is 1. The lowest BCUT2D eigenvalue weighted by molar-refractivity contribution is -0.122. The molecule has 3 aromatic rings. The summed E-state index contributed by atoms with van der Waals surface area (Å²) in [5, 5.41) is 11.2. The van der Waals surface area contributed by atoms with E-state index in [9.17, 15) is 4.79 Å². The van der Waals surface area contributed by atoms with Crippen molar-refractivity contribution in [3.05, 3.63) is 47.9 Å². The van der Waals surface area contributed by atoms with Gasteiger partial charge in [0, 0.05) is 19.6 Å². The van der Waals surface area contributed by atoms with E-state index < -0.39 is 0 Å². The van der Waals surface area contributed by atoms with Crippen LogP contribution in [0.5, 0.6) is 0 Å². The Morgan fingerprint density at radius 2 is 2.04 bits per heavy atom. The van der Waals surface area contributed by atoms with Crippen molar-refractivity contribution >= 4 is 16.9 Å². The van der Waals surface area contributed by atoms with E-state index in [4.69, 9.17) is 9.15 Å². The lowest BCUT2D eigenvalue weighted by atomic mass is 10.1. The van der Waals surface area contributed by atoms with Crippen LogP contribution in [-0.2, 0) is 16.1 Å². The summed E-state index contributed by atoms with van der Waals surface area (Å²) in [7, 11) is 0. The number of nitrogens with zero attached hydrogens (tertiary/aromatic N) is 4. The van der Waals surface area contributed by atoms with Gasteiger partial charge in [-0.25, -0.2) is 4.68 Å². The average molecular weight is 369 g/mol. The van der Waals surface area contributed by atoms with Crippen LogP contribution in [0.3, 0.4) is 0 Å². The van der Waals surface area contributed by atoms with Crippen molar-refractivity contribution < 1.29 is 13.9 Å². The molecule has 8 heteroatoms. The monoisotopic (exact) mass is 369 g/mol. The van der Waals surface area contributed by atoms with Gasteiger partial charge in [0.05, 0.1) is 24.8 Å². The van der Waals surface area contributed by atoms with Gasteiger partial charge in [-0.1, -0.05) is 17.3 Å². The molecule has 8 nitrogen and oxygen atoms in total. The zero-order valence-electron chi connectivity index (χ0n) is 15.3. The maximum atomic E-state index is 12.5. The van der Waals surface area contributed by atoms with E-state index in [1.165, 1.54) is 0 Å². The largest absolute Gasteiger partial charge is 0.465 e. The Hall–Kier alpha value is -2.71. The SMILES string of the molecule is Cc1ccc(C(CNC(=O)Cn2nnc3ccccc32)N2CCOCC2)o1. The van der Waals surface area contributed by atoms with E-state index in [0.717, 1.165) is 35.6 Å². The first kappa shape index (κ1) is 17.7. The Balaban J connectivity index is 1.43. The minimum absolute atomic E-state index is 0.0148. The van der Waals surface area contributed by atoms with E-state index in [-0.39, 0.29) is 18.5 Å². The number of aromatic nitrogens is 3. The quantitative estimate of drug-likeness (QED) is 0.709. The molecule has 142 valence electrons. The number of benzene rings is 1. The van der Waals surface area contributed by atoms with Crippen molar-refractivity contribution in [1.82, 2.24) is 25.2 Å². The molecule has 1 saturated heterocycles. The fourth-order valence-corrected chi connectivity index (χ4v) is 3.37. The van der Waals surface area contributed by atoms with Gasteiger partial charge in [-0.15, -0.1) is 5.10 Å². The molecule has 0 aliphatic carbocycles. The molecule has 27 heavy (non-hydrogen) atoms. The molecule has 0 bridgehead atoms. The van der Waals surface area contributed by atoms with Crippen LogP contribution in [0.2, 0.25) is 0 Å². The van der Waals surface area contributed by atoms with Crippen LogP contribution in [0.25, 0.3) is 11.0 Å². The van der Waals surface area contributed by atoms with Crippen molar-refractivity contribution in [3.8, 4) is 0 Å². The highest BCUT2D eigenvalue weighted by molar-refractivity contribution is 5.79. The van der Waals surface area contributed by atoms with E-state index in [1.807, 2.05) is 43.3 Å². The van der Waals surface area contributed by atoms with Crippen molar-refractivity contribution in [2.45, 2.75) is 19.5 Å². The van der Waals surface area contributed by atoms with Gasteiger partial charge in [0.2, 0.25) is 5.91 Å². The molecule has 2 aromatic heterocycles. The third-order valence-corrected chi connectivity index (χ3v) is 4.78. The van der Waals surface area contributed by atoms with E-state index in [0.29, 0.717) is 19.8 Å². The summed E-state index contributed by atoms with van der Waals surface area (Å²) in [5.74, 6) is 1.62. The van der Waals surface area contributed by atoms with Crippen LogP contribution in [0.15, 0.2) is 40.8 Å². The van der Waals surface area contributed by atoms with Crippen molar-refractivity contribution in [1.29, 1.82) is 0 Å². The number of hydrogen-bond donors (Lipinski definition) is 1. The Morgan fingerprint density at radius 1 is 1.22 bits per heavy atom. The highest BCUT2D eigenvalue weighted by Crippen LogP contribution is 2.23. The molecule has 1 aliphatic heterocycles. The number of carbonyl (C=O) groups excluding carboxylic acids is 1. The molecule has 1 unspecified atom stereocenters. The maximum absolute atomic E-state index is 12.5. The number of carbonyl (C=O) groups is 1. The highest BCUT2D eigenvalue weighted by atomic mass is 16.5. The first-order chi connectivity index (χ1) is 13.2. The molecule has 0 spiro atoms. The molecule has 3 heterocycles. The van der Waals surface area contributed by atoms with Crippen LogP contribution >= 0.6 is 0 Å². The molecule has 1 fully saturated rings. The summed E-state index contributed by atoms with van der Waals surface area (Å²) in [6, 6.07) is 11.5. The van der Waals surface area contributed by atoms with Crippen LogP contribution in [0, 0.1) is 6.92 Å². The molecule has 1 N–H and O–H groups in total. The van der Waals surface area contributed by atoms with E-state index in [1.54, 1.807) is 4.68 Å². The number of furan rings is 1. The lowest BCUT2D eigenvalue weighted by Gasteiger charge is -2.33. The second-order valence-electron chi connectivity index (χ2n) is 6.65. The molecule has 1 amide bonds. The molecular formula is C19H23N5O3. The highest BCUT2D eigenvalue weighted by Gasteiger charge is 2.25. The first-order valence-corrected chi connectivity index (χ1v) is 9.14. The fraction of sp³-hybridized carbons (Fsp3) is 0.421. The second kappa shape index (κ2) is 7.89. The van der Waals surface area contributed by atoms with Crippen molar-refractivity contribution in [2.75, 3.05) is 32.8 Å². The molecule has 0 radical (unpaired) electrons. The Labute approximate surface area is 157 Å². The summed E-state index contributed by atoms with van der Waals surface area (Å²) >= 11 is 0. The third kappa shape index (κ3) is 4.01. The van der Waals surface area contributed by atoms with Crippen molar-refractivity contribution in [3.63, 3.8) is 0 Å². The van der Waals surface area contributed by atoms with Gasteiger partial charge in [0.1, 0.15) is 23.6 Å². The first-order valence-electron chi connectivity index (χ1n) is 9.14. The Morgan fingerprint density at radius 3 is 2.81 bits per heavy atom. The molecule has 4 rings (SSSR count). The predicted molar refractivity (Wildman–Crippen MR) is 99.1 cm³/mol. The lowest BCUT2D eigenvalue weighted by Crippen LogP contribution is -2.44. The number of para-hydroxylation sites is 1. The van der Waals surface area contributed by atoms with E-state index >= 15 is 0 Å². The van der Waals surface area contributed by atoms with E-state index in [2.05, 4.69) is 20.5 Å². The second-order valence-corrected chi connectivity index (χ2v) is 6.65. The van der Waals surface area contributed by atoms with Gasteiger partial charge in [0.25, 0.3) is 0 Å². The van der Waals surface area contributed by atoms with Crippen LogP contribution in [0.1, 0.15) is 17.6 Å². The number of rotatable bonds is 6. The normalized spacial score (nSPS) is 16.5. The predicted octanol–water partition coefficient (Wildman–Crippen LogP) is 1.52. The van der Waals surface area contributed by atoms with Crippen molar-refractivity contribution in [2.24, 2.45) is 0 Å². The Bertz CT molecular complexity index is 913. The summed E-state index contributed by atoms with van der Waals surface area (Å²) in [4.78, 5) is 14.8. The van der Waals surface area contributed by atoms with Gasteiger partial charge in [-0.2, -0.15) is 0 Å². The molecule has 1 atom stereocenters. The van der Waals surface area contributed by atoms with Gasteiger partial charge >= 0.3 is 0 Å². The van der Waals surface area contributed by atoms with Crippen LogP contribution in [-0.4, -0.2) is 58.6 Å². The van der Waals surface area contributed by atoms with Gasteiger partial charge < -0.3 is 14.5 Å². The smallest absolute Gasteiger partial charge is 0.241 e. The summed E-state index contributed by atoms with van der Waals surface area (Å²) in [5.41, 5.74) is 1.63. The topological polar surface area (TPSA) is 85.4 Å². The number of fused-ring (bicyclic) bond motifs is 1. The standard InChI is InChI=1S/C19H23N5O3/c1-14-6-7-18(27-14)17(23-8-10-26-11-9-23)12-20-19(25)13-24-16-5-3-2-4-15(16)21-22-24/h2-7,17H,8-13H2,1H3,(H,20,25). The van der Waals surface area contributed by atoms with Gasteiger partial charge in [0.15, 0.2) is 0 Å². The zero-order chi connectivity index (χ0) is 18.6. The maximum Gasteiger partial charge on any atom is 0.241 e. The van der Waals surface area contributed by atoms with Gasteiger partial charge in [-0.05, 0) is 31.2 Å². The number of hydrogen-bond acceptors (Lipinski definition) is 6. The molecule has 0 saturated carbocycles. The fourth-order valence-electron chi connectivity index (χ4n) is 3.37. The summed E-state index contributed by atoms with van der Waals surface area (Å²) in [6.07, 6.45) is 0. The number of ether oxygens (including phenoxy) is 1. The molecule has 1 aliphatic rings. The van der Waals surface area contributed by atoms with Gasteiger partial charge in [-0.3, -0.25) is 9.69 Å². The number of aryl methyl sites for hydroxylation is 1. The minimum atomic E-state index is -0.104. The summed E-state index contributed by atoms with van der Waals surface area (Å²) < 4.78 is 12.9. The molecular weight excluding hydrogens is 346 g/mol. The third-order valence-electron chi connectivity index (χ3n) is 4.78. The zero-order valence-corrected chi connectivity index (χ0v) is 15.3. The van der Waals surface area contributed by atoms with Crippen LogP contribution < -0.4 is 5.32 Å².